The molecule has 0 fully saturated rings. The fraction of sp³-hybridized carbons (Fsp3) is 0.318. The molecule has 1 heterocycles. The maximum absolute atomic E-state index is 12.6. The fourth-order valence-electron chi connectivity index (χ4n) is 2.89. The van der Waals surface area contributed by atoms with Crippen LogP contribution in [0.25, 0.3) is 11.4 Å². The number of nitrogens with zero attached hydrogens (tertiary/aromatic N) is 4. The number of amides is 1. The standard InChI is InChI=1S/C22H26N4O2S/c1-4-5-15-26-21(17-11-13-19(28-3)14-12-17)23-24-22(26)29-16-20(27)25(2)18-9-7-6-8-10-18/h6-14H,4-5,15-16H2,1-3H3. The summed E-state index contributed by atoms with van der Waals surface area (Å²) >= 11 is 1.43. The Morgan fingerprint density at radius 1 is 1.10 bits per heavy atom. The van der Waals surface area contributed by atoms with Gasteiger partial charge in [-0.3, -0.25) is 4.79 Å². The van der Waals surface area contributed by atoms with Crippen molar-refractivity contribution < 1.29 is 9.53 Å². The highest BCUT2D eigenvalue weighted by Crippen LogP contribution is 2.26. The molecule has 3 aromatic rings. The van der Waals surface area contributed by atoms with Crippen LogP contribution in [0.2, 0.25) is 0 Å². The van der Waals surface area contributed by atoms with Crippen molar-refractivity contribution in [1.29, 1.82) is 0 Å². The maximum Gasteiger partial charge on any atom is 0.237 e. The number of thioether (sulfide) groups is 1. The first-order valence-corrected chi connectivity index (χ1v) is 10.6. The number of rotatable bonds is 9. The lowest BCUT2D eigenvalue weighted by Crippen LogP contribution is -2.28. The topological polar surface area (TPSA) is 60.2 Å². The molecule has 1 aromatic heterocycles. The Hall–Kier alpha value is -2.80. The number of anilines is 1. The average molecular weight is 411 g/mol. The third-order valence-corrected chi connectivity index (χ3v) is 5.59. The number of para-hydroxylation sites is 1. The molecule has 0 N–H and O–H groups in total. The van der Waals surface area contributed by atoms with Crippen LogP contribution >= 0.6 is 11.8 Å². The number of aromatic nitrogens is 3. The number of hydrogen-bond donors (Lipinski definition) is 0. The smallest absolute Gasteiger partial charge is 0.237 e. The molecule has 0 aliphatic heterocycles. The molecule has 0 saturated heterocycles. The first-order chi connectivity index (χ1) is 14.1. The lowest BCUT2D eigenvalue weighted by molar-refractivity contribution is -0.115. The zero-order valence-electron chi connectivity index (χ0n) is 17.0. The molecule has 0 spiro atoms. The fourth-order valence-corrected chi connectivity index (χ4v) is 3.76. The van der Waals surface area contributed by atoms with Crippen molar-refractivity contribution in [3.8, 4) is 17.1 Å². The number of ether oxygens (including phenoxy) is 1. The van der Waals surface area contributed by atoms with Crippen molar-refractivity contribution >= 4 is 23.4 Å². The zero-order valence-corrected chi connectivity index (χ0v) is 17.9. The molecule has 29 heavy (non-hydrogen) atoms. The Kier molecular flexibility index (Phi) is 7.30. The van der Waals surface area contributed by atoms with Gasteiger partial charge in [0.15, 0.2) is 11.0 Å². The van der Waals surface area contributed by atoms with E-state index in [1.807, 2.05) is 54.6 Å². The van der Waals surface area contributed by atoms with E-state index < -0.39 is 0 Å². The van der Waals surface area contributed by atoms with E-state index in [1.54, 1.807) is 19.1 Å². The molecule has 0 bridgehead atoms. The number of benzene rings is 2. The molecular formula is C22H26N4O2S. The number of methoxy groups -OCH3 is 1. The Morgan fingerprint density at radius 3 is 2.48 bits per heavy atom. The monoisotopic (exact) mass is 410 g/mol. The van der Waals surface area contributed by atoms with Crippen LogP contribution in [0.1, 0.15) is 19.8 Å². The lowest BCUT2D eigenvalue weighted by atomic mass is 10.2. The van der Waals surface area contributed by atoms with Crippen LogP contribution in [0.3, 0.4) is 0 Å². The van der Waals surface area contributed by atoms with Crippen LogP contribution < -0.4 is 9.64 Å². The number of hydrogen-bond acceptors (Lipinski definition) is 5. The van der Waals surface area contributed by atoms with Gasteiger partial charge in [0, 0.05) is 24.8 Å². The van der Waals surface area contributed by atoms with Gasteiger partial charge in [-0.05, 0) is 42.8 Å². The Labute approximate surface area is 175 Å². The van der Waals surface area contributed by atoms with Gasteiger partial charge in [-0.25, -0.2) is 0 Å². The highest BCUT2D eigenvalue weighted by molar-refractivity contribution is 7.99. The molecule has 0 saturated carbocycles. The normalized spacial score (nSPS) is 10.7. The molecule has 3 rings (SSSR count). The zero-order chi connectivity index (χ0) is 20.6. The van der Waals surface area contributed by atoms with Crippen LogP contribution in [-0.4, -0.2) is 40.6 Å². The first-order valence-electron chi connectivity index (χ1n) is 9.66. The molecular weight excluding hydrogens is 384 g/mol. The quantitative estimate of drug-likeness (QED) is 0.486. The predicted octanol–water partition coefficient (Wildman–Crippen LogP) is 4.51. The Morgan fingerprint density at radius 2 is 1.83 bits per heavy atom. The molecule has 0 atom stereocenters. The maximum atomic E-state index is 12.6. The second kappa shape index (κ2) is 10.1. The SMILES string of the molecule is CCCCn1c(SCC(=O)N(C)c2ccccc2)nnc1-c1ccc(OC)cc1. The van der Waals surface area contributed by atoms with Gasteiger partial charge in [0.2, 0.25) is 5.91 Å². The molecule has 1 amide bonds. The van der Waals surface area contributed by atoms with E-state index in [0.29, 0.717) is 5.75 Å². The second-order valence-electron chi connectivity index (χ2n) is 6.62. The van der Waals surface area contributed by atoms with Gasteiger partial charge in [-0.15, -0.1) is 10.2 Å². The van der Waals surface area contributed by atoms with E-state index in [2.05, 4.69) is 21.7 Å². The molecule has 0 radical (unpaired) electrons. The summed E-state index contributed by atoms with van der Waals surface area (Å²) in [4.78, 5) is 14.3. The Bertz CT molecular complexity index is 926. The molecule has 0 aliphatic rings. The summed E-state index contributed by atoms with van der Waals surface area (Å²) in [6, 6.07) is 17.4. The van der Waals surface area contributed by atoms with Gasteiger partial charge >= 0.3 is 0 Å². The summed E-state index contributed by atoms with van der Waals surface area (Å²) < 4.78 is 7.34. The number of carbonyl (C=O) groups is 1. The first kappa shape index (κ1) is 20.9. The van der Waals surface area contributed by atoms with Crippen molar-refractivity contribution in [2.24, 2.45) is 0 Å². The summed E-state index contributed by atoms with van der Waals surface area (Å²) in [5.41, 5.74) is 1.86. The van der Waals surface area contributed by atoms with Gasteiger partial charge in [-0.1, -0.05) is 43.3 Å². The van der Waals surface area contributed by atoms with Crippen LogP contribution in [-0.2, 0) is 11.3 Å². The summed E-state index contributed by atoms with van der Waals surface area (Å²) in [5.74, 6) is 1.94. The molecule has 152 valence electrons. The summed E-state index contributed by atoms with van der Waals surface area (Å²) in [6.07, 6.45) is 2.09. The van der Waals surface area contributed by atoms with E-state index in [4.69, 9.17) is 4.74 Å². The molecule has 2 aromatic carbocycles. The minimum atomic E-state index is 0.0252. The van der Waals surface area contributed by atoms with E-state index >= 15 is 0 Å². The minimum absolute atomic E-state index is 0.0252. The average Bonchev–Trinajstić information content (AvgIpc) is 3.18. The van der Waals surface area contributed by atoms with Crippen molar-refractivity contribution in [2.45, 2.75) is 31.5 Å². The van der Waals surface area contributed by atoms with Gasteiger partial charge in [0.05, 0.1) is 12.9 Å². The molecule has 7 heteroatoms. The second-order valence-corrected chi connectivity index (χ2v) is 7.56. The number of unbranched alkanes of at least 4 members (excludes halogenated alkanes) is 1. The summed E-state index contributed by atoms with van der Waals surface area (Å²) in [6.45, 7) is 2.97. The van der Waals surface area contributed by atoms with E-state index in [9.17, 15) is 4.79 Å². The third-order valence-electron chi connectivity index (χ3n) is 4.64. The highest BCUT2D eigenvalue weighted by Gasteiger charge is 2.17. The van der Waals surface area contributed by atoms with E-state index in [0.717, 1.165) is 47.4 Å². The minimum Gasteiger partial charge on any atom is -0.497 e. The van der Waals surface area contributed by atoms with Crippen LogP contribution in [0.4, 0.5) is 5.69 Å². The van der Waals surface area contributed by atoms with E-state index in [1.165, 1.54) is 11.8 Å². The van der Waals surface area contributed by atoms with Crippen molar-refractivity contribution in [2.75, 3.05) is 24.8 Å². The van der Waals surface area contributed by atoms with Gasteiger partial charge < -0.3 is 14.2 Å². The van der Waals surface area contributed by atoms with Gasteiger partial charge in [0.25, 0.3) is 0 Å². The summed E-state index contributed by atoms with van der Waals surface area (Å²) in [5, 5.41) is 9.53. The van der Waals surface area contributed by atoms with Gasteiger partial charge in [0.1, 0.15) is 5.75 Å². The van der Waals surface area contributed by atoms with Crippen LogP contribution in [0.5, 0.6) is 5.75 Å². The molecule has 0 aliphatic carbocycles. The number of carbonyl (C=O) groups excluding carboxylic acids is 1. The van der Waals surface area contributed by atoms with Crippen molar-refractivity contribution in [3.05, 3.63) is 54.6 Å². The van der Waals surface area contributed by atoms with E-state index in [-0.39, 0.29) is 5.91 Å². The van der Waals surface area contributed by atoms with Crippen LogP contribution in [0, 0.1) is 0 Å². The van der Waals surface area contributed by atoms with Gasteiger partial charge in [-0.2, -0.15) is 0 Å². The predicted molar refractivity (Wildman–Crippen MR) is 117 cm³/mol. The Balaban J connectivity index is 1.76. The summed E-state index contributed by atoms with van der Waals surface area (Å²) in [7, 11) is 3.44. The third kappa shape index (κ3) is 5.17. The highest BCUT2D eigenvalue weighted by atomic mass is 32.2. The molecule has 6 nitrogen and oxygen atoms in total. The van der Waals surface area contributed by atoms with Crippen molar-refractivity contribution in [3.63, 3.8) is 0 Å². The van der Waals surface area contributed by atoms with Crippen LogP contribution in [0.15, 0.2) is 59.8 Å². The van der Waals surface area contributed by atoms with Crippen molar-refractivity contribution in [1.82, 2.24) is 14.8 Å². The lowest BCUT2D eigenvalue weighted by Gasteiger charge is -2.17. The largest absolute Gasteiger partial charge is 0.497 e. The molecule has 0 unspecified atom stereocenters.